The summed E-state index contributed by atoms with van der Waals surface area (Å²) in [6.45, 7) is 7.36. The van der Waals surface area contributed by atoms with Crippen molar-refractivity contribution >= 4 is 36.4 Å². The van der Waals surface area contributed by atoms with Crippen molar-refractivity contribution in [3.63, 3.8) is 0 Å². The number of anilines is 1. The van der Waals surface area contributed by atoms with Crippen LogP contribution in [0.1, 0.15) is 18.9 Å². The molecule has 1 fully saturated rings. The standard InChI is InChI=1S/C15H23N3O.2ClH/c1-12-4-3-5-14(10-12)17-6-8-18(9-7-17)15(19)11-13(2)16;;/h3-5,10,13H,6-9,11,16H2,1-2H3;2*1H. The second-order valence-corrected chi connectivity index (χ2v) is 5.39. The molecule has 0 saturated carbocycles. The highest BCUT2D eigenvalue weighted by molar-refractivity contribution is 5.85. The van der Waals surface area contributed by atoms with Gasteiger partial charge in [-0.3, -0.25) is 4.79 Å². The predicted molar refractivity (Wildman–Crippen MR) is 92.7 cm³/mol. The highest BCUT2D eigenvalue weighted by atomic mass is 35.5. The van der Waals surface area contributed by atoms with Crippen LogP contribution in [-0.2, 0) is 4.79 Å². The highest BCUT2D eigenvalue weighted by Gasteiger charge is 2.21. The molecule has 1 saturated heterocycles. The van der Waals surface area contributed by atoms with Gasteiger partial charge in [0, 0.05) is 44.3 Å². The van der Waals surface area contributed by atoms with Crippen LogP contribution < -0.4 is 10.6 Å². The van der Waals surface area contributed by atoms with Gasteiger partial charge < -0.3 is 15.5 Å². The van der Waals surface area contributed by atoms with Gasteiger partial charge in [-0.15, -0.1) is 24.8 Å². The molecule has 1 aromatic rings. The minimum atomic E-state index is -0.0534. The summed E-state index contributed by atoms with van der Waals surface area (Å²) in [5, 5.41) is 0. The molecule has 0 aliphatic carbocycles. The van der Waals surface area contributed by atoms with Gasteiger partial charge in [0.15, 0.2) is 0 Å². The number of rotatable bonds is 3. The predicted octanol–water partition coefficient (Wildman–Crippen LogP) is 2.22. The summed E-state index contributed by atoms with van der Waals surface area (Å²) in [5.41, 5.74) is 8.20. The van der Waals surface area contributed by atoms with Crippen LogP contribution in [-0.4, -0.2) is 43.0 Å². The van der Waals surface area contributed by atoms with Crippen LogP contribution in [0.3, 0.4) is 0 Å². The Balaban J connectivity index is 0.00000200. The van der Waals surface area contributed by atoms with Crippen LogP contribution in [0, 0.1) is 6.92 Å². The molecule has 0 aromatic heterocycles. The van der Waals surface area contributed by atoms with E-state index < -0.39 is 0 Å². The number of carbonyl (C=O) groups is 1. The highest BCUT2D eigenvalue weighted by Crippen LogP contribution is 2.18. The topological polar surface area (TPSA) is 49.6 Å². The van der Waals surface area contributed by atoms with Crippen molar-refractivity contribution < 1.29 is 4.79 Å². The third-order valence-corrected chi connectivity index (χ3v) is 3.50. The number of nitrogens with two attached hydrogens (primary N) is 1. The Morgan fingerprint density at radius 1 is 1.24 bits per heavy atom. The van der Waals surface area contributed by atoms with E-state index in [1.165, 1.54) is 11.3 Å². The zero-order valence-electron chi connectivity index (χ0n) is 12.6. The number of aryl methyl sites for hydroxylation is 1. The number of amides is 1. The third kappa shape index (κ3) is 5.73. The fraction of sp³-hybridized carbons (Fsp3) is 0.533. The molecule has 0 spiro atoms. The Labute approximate surface area is 139 Å². The van der Waals surface area contributed by atoms with E-state index in [-0.39, 0.29) is 36.8 Å². The molecule has 1 heterocycles. The first-order chi connectivity index (χ1) is 9.06. The zero-order chi connectivity index (χ0) is 13.8. The van der Waals surface area contributed by atoms with Crippen molar-refractivity contribution in [2.24, 2.45) is 5.73 Å². The normalized spacial score (nSPS) is 15.8. The summed E-state index contributed by atoms with van der Waals surface area (Å²) >= 11 is 0. The van der Waals surface area contributed by atoms with Crippen molar-refractivity contribution in [2.45, 2.75) is 26.3 Å². The molecule has 1 aliphatic rings. The smallest absolute Gasteiger partial charge is 0.224 e. The second kappa shape index (κ2) is 9.13. The van der Waals surface area contributed by atoms with Crippen LogP contribution in [0.5, 0.6) is 0 Å². The number of piperazine rings is 1. The molecule has 2 rings (SSSR count). The minimum Gasteiger partial charge on any atom is -0.368 e. The van der Waals surface area contributed by atoms with Gasteiger partial charge in [-0.2, -0.15) is 0 Å². The Bertz CT molecular complexity index is 446. The van der Waals surface area contributed by atoms with E-state index >= 15 is 0 Å². The molecule has 1 aromatic carbocycles. The summed E-state index contributed by atoms with van der Waals surface area (Å²) in [7, 11) is 0. The first-order valence-corrected chi connectivity index (χ1v) is 6.91. The number of nitrogens with zero attached hydrogens (tertiary/aromatic N) is 2. The summed E-state index contributed by atoms with van der Waals surface area (Å²) in [6.07, 6.45) is 0.449. The van der Waals surface area contributed by atoms with E-state index in [2.05, 4.69) is 36.1 Å². The molecular weight excluding hydrogens is 309 g/mol. The van der Waals surface area contributed by atoms with E-state index in [0.717, 1.165) is 26.2 Å². The lowest BCUT2D eigenvalue weighted by Crippen LogP contribution is -2.49. The minimum absolute atomic E-state index is 0. The molecule has 1 unspecified atom stereocenters. The van der Waals surface area contributed by atoms with Crippen LogP contribution in [0.25, 0.3) is 0 Å². The Morgan fingerprint density at radius 3 is 2.38 bits per heavy atom. The fourth-order valence-electron chi connectivity index (χ4n) is 2.44. The lowest BCUT2D eigenvalue weighted by atomic mass is 10.1. The molecule has 120 valence electrons. The quantitative estimate of drug-likeness (QED) is 0.922. The summed E-state index contributed by atoms with van der Waals surface area (Å²) in [6, 6.07) is 8.46. The molecule has 1 amide bonds. The lowest BCUT2D eigenvalue weighted by Gasteiger charge is -2.36. The molecule has 21 heavy (non-hydrogen) atoms. The molecule has 0 radical (unpaired) electrons. The summed E-state index contributed by atoms with van der Waals surface area (Å²) in [4.78, 5) is 16.2. The fourth-order valence-corrected chi connectivity index (χ4v) is 2.44. The maximum Gasteiger partial charge on any atom is 0.224 e. The largest absolute Gasteiger partial charge is 0.368 e. The van der Waals surface area contributed by atoms with E-state index in [1.54, 1.807) is 0 Å². The Morgan fingerprint density at radius 2 is 1.86 bits per heavy atom. The van der Waals surface area contributed by atoms with Gasteiger partial charge in [0.2, 0.25) is 5.91 Å². The van der Waals surface area contributed by atoms with E-state index in [0.29, 0.717) is 6.42 Å². The molecule has 2 N–H and O–H groups in total. The molecular formula is C15H25Cl2N3O. The van der Waals surface area contributed by atoms with Gasteiger partial charge in [0.05, 0.1) is 0 Å². The van der Waals surface area contributed by atoms with Crippen molar-refractivity contribution in [2.75, 3.05) is 31.1 Å². The number of hydrogen-bond acceptors (Lipinski definition) is 3. The van der Waals surface area contributed by atoms with Gasteiger partial charge in [-0.05, 0) is 31.5 Å². The SMILES string of the molecule is Cc1cccc(N2CCN(C(=O)CC(C)N)CC2)c1.Cl.Cl. The van der Waals surface area contributed by atoms with Gasteiger partial charge >= 0.3 is 0 Å². The monoisotopic (exact) mass is 333 g/mol. The van der Waals surface area contributed by atoms with Crippen LogP contribution in [0.15, 0.2) is 24.3 Å². The Kier molecular flexibility index (Phi) is 8.71. The summed E-state index contributed by atoms with van der Waals surface area (Å²) < 4.78 is 0. The zero-order valence-corrected chi connectivity index (χ0v) is 14.3. The Hall–Kier alpha value is -0.970. The molecule has 6 heteroatoms. The maximum absolute atomic E-state index is 11.9. The molecule has 4 nitrogen and oxygen atoms in total. The number of benzene rings is 1. The van der Waals surface area contributed by atoms with E-state index in [1.807, 2.05) is 11.8 Å². The third-order valence-electron chi connectivity index (χ3n) is 3.50. The van der Waals surface area contributed by atoms with Gasteiger partial charge in [-0.1, -0.05) is 12.1 Å². The van der Waals surface area contributed by atoms with Crippen LogP contribution in [0.2, 0.25) is 0 Å². The van der Waals surface area contributed by atoms with Crippen molar-refractivity contribution in [3.05, 3.63) is 29.8 Å². The first-order valence-electron chi connectivity index (χ1n) is 6.91. The number of hydrogen-bond donors (Lipinski definition) is 1. The average molecular weight is 334 g/mol. The van der Waals surface area contributed by atoms with E-state index in [9.17, 15) is 4.79 Å². The van der Waals surface area contributed by atoms with Crippen LogP contribution >= 0.6 is 24.8 Å². The lowest BCUT2D eigenvalue weighted by molar-refractivity contribution is -0.131. The van der Waals surface area contributed by atoms with Crippen molar-refractivity contribution in [3.8, 4) is 0 Å². The first kappa shape index (κ1) is 20.0. The summed E-state index contributed by atoms with van der Waals surface area (Å²) in [5.74, 6) is 0.180. The second-order valence-electron chi connectivity index (χ2n) is 5.39. The average Bonchev–Trinajstić information content (AvgIpc) is 2.38. The van der Waals surface area contributed by atoms with Crippen LogP contribution in [0.4, 0.5) is 5.69 Å². The molecule has 0 bridgehead atoms. The molecule has 1 atom stereocenters. The van der Waals surface area contributed by atoms with Gasteiger partial charge in [0.1, 0.15) is 0 Å². The maximum atomic E-state index is 11.9. The van der Waals surface area contributed by atoms with Gasteiger partial charge in [0.25, 0.3) is 0 Å². The van der Waals surface area contributed by atoms with Crippen molar-refractivity contribution in [1.82, 2.24) is 4.90 Å². The van der Waals surface area contributed by atoms with Gasteiger partial charge in [-0.25, -0.2) is 0 Å². The number of carbonyl (C=O) groups excluding carboxylic acids is 1. The molecule has 1 aliphatic heterocycles. The number of halogens is 2. The van der Waals surface area contributed by atoms with Crippen molar-refractivity contribution in [1.29, 1.82) is 0 Å². The van der Waals surface area contributed by atoms with E-state index in [4.69, 9.17) is 5.73 Å².